The van der Waals surface area contributed by atoms with Crippen molar-refractivity contribution in [1.82, 2.24) is 9.55 Å². The molecule has 1 heterocycles. The van der Waals surface area contributed by atoms with Crippen LogP contribution < -0.4 is 0 Å². The van der Waals surface area contributed by atoms with Gasteiger partial charge < -0.3 is 0 Å². The van der Waals surface area contributed by atoms with Gasteiger partial charge in [-0.25, -0.2) is 9.98 Å². The Labute approximate surface area is 219 Å². The number of hydrogen-bond donors (Lipinski definition) is 1. The third-order valence-electron chi connectivity index (χ3n) is 5.87. The average Bonchev–Trinajstić information content (AvgIpc) is 3.25. The van der Waals surface area contributed by atoms with Crippen molar-refractivity contribution in [2.75, 3.05) is 0 Å². The zero-order valence-corrected chi connectivity index (χ0v) is 21.4. The minimum atomic E-state index is 0.0611. The van der Waals surface area contributed by atoms with Gasteiger partial charge in [-0.3, -0.25) is 4.57 Å². The van der Waals surface area contributed by atoms with Crippen LogP contribution >= 0.6 is 35.8 Å². The van der Waals surface area contributed by atoms with Gasteiger partial charge in [-0.05, 0) is 66.5 Å². The molecule has 0 saturated carbocycles. The molecule has 2 aliphatic rings. The van der Waals surface area contributed by atoms with Gasteiger partial charge >= 0.3 is 0 Å². The van der Waals surface area contributed by atoms with Crippen LogP contribution in [0.5, 0.6) is 0 Å². The normalized spacial score (nSPS) is 18.2. The fourth-order valence-electron chi connectivity index (χ4n) is 4.22. The monoisotopic (exact) mass is 517 g/mol. The van der Waals surface area contributed by atoms with Gasteiger partial charge in [0.2, 0.25) is 5.17 Å². The molecule has 5 rings (SSSR count). The Kier molecular flexibility index (Phi) is 6.60. The molecule has 0 bridgehead atoms. The Morgan fingerprint density at radius 2 is 1.80 bits per heavy atom. The van der Waals surface area contributed by atoms with Gasteiger partial charge in [0, 0.05) is 16.0 Å². The van der Waals surface area contributed by atoms with Crippen LogP contribution in [0.15, 0.2) is 99.6 Å². The maximum atomic E-state index is 6.20. The number of aromatic nitrogens is 2. The van der Waals surface area contributed by atoms with Gasteiger partial charge in [-0.15, -0.1) is 17.7 Å². The van der Waals surface area contributed by atoms with Crippen molar-refractivity contribution < 1.29 is 0 Å². The number of thiol groups is 1. The maximum Gasteiger partial charge on any atom is 0.206 e. The molecule has 0 N–H and O–H groups in total. The predicted molar refractivity (Wildman–Crippen MR) is 148 cm³/mol. The number of benzene rings is 2. The highest BCUT2D eigenvalue weighted by molar-refractivity contribution is 7.96. The number of fused-ring (bicyclic) bond motifs is 3. The quantitative estimate of drug-likeness (QED) is 0.161. The molecule has 3 aromatic rings. The molecule has 5 nitrogen and oxygen atoms in total. The molecular weight excluding hydrogens is 497 g/mol. The predicted octanol–water partition coefficient (Wildman–Crippen LogP) is 8.36. The zero-order chi connectivity index (χ0) is 24.5. The first-order chi connectivity index (χ1) is 16.9. The second-order valence-electron chi connectivity index (χ2n) is 8.32. The zero-order valence-electron chi connectivity index (χ0n) is 19.0. The van der Waals surface area contributed by atoms with E-state index in [1.165, 1.54) is 0 Å². The summed E-state index contributed by atoms with van der Waals surface area (Å²) >= 11 is 16.8. The first-order valence-electron chi connectivity index (χ1n) is 11.0. The van der Waals surface area contributed by atoms with Crippen LogP contribution in [-0.4, -0.2) is 14.7 Å². The van der Waals surface area contributed by atoms with Crippen molar-refractivity contribution in [1.29, 1.82) is 0 Å². The van der Waals surface area contributed by atoms with E-state index in [0.717, 1.165) is 45.0 Å². The minimum Gasteiger partial charge on any atom is -0.299 e. The number of nitrogens with zero attached hydrogens (tertiary/aromatic N) is 5. The largest absolute Gasteiger partial charge is 0.299 e. The molecule has 2 aliphatic carbocycles. The highest BCUT2D eigenvalue weighted by Crippen LogP contribution is 2.38. The molecule has 2 aromatic carbocycles. The van der Waals surface area contributed by atoms with Crippen LogP contribution in [0.4, 0.5) is 5.69 Å². The molecule has 8 heteroatoms. The summed E-state index contributed by atoms with van der Waals surface area (Å²) in [5.41, 5.74) is 7.93. The van der Waals surface area contributed by atoms with Gasteiger partial charge in [0.25, 0.3) is 0 Å². The second-order valence-corrected chi connectivity index (χ2v) is 9.60. The van der Waals surface area contributed by atoms with E-state index in [9.17, 15) is 0 Å². The van der Waals surface area contributed by atoms with Crippen LogP contribution in [0, 0.1) is 13.8 Å². The Morgan fingerprint density at radius 3 is 2.54 bits per heavy atom. The number of allylic oxidation sites excluding steroid dienone is 6. The summed E-state index contributed by atoms with van der Waals surface area (Å²) in [5.74, 6) is 0.0611. The van der Waals surface area contributed by atoms with E-state index < -0.39 is 0 Å². The molecule has 0 amide bonds. The lowest BCUT2D eigenvalue weighted by molar-refractivity contribution is 0.941. The van der Waals surface area contributed by atoms with Crippen molar-refractivity contribution in [3.05, 3.63) is 117 Å². The lowest BCUT2D eigenvalue weighted by Crippen LogP contribution is -2.09. The molecule has 0 radical (unpaired) electrons. The molecule has 35 heavy (non-hydrogen) atoms. The summed E-state index contributed by atoms with van der Waals surface area (Å²) in [6.07, 6.45) is 13.9. The molecule has 174 valence electrons. The minimum absolute atomic E-state index is 0.0611. The molecule has 1 aromatic heterocycles. The Balaban J connectivity index is 1.36. The average molecular weight is 518 g/mol. The SMILES string of the molecule is Cc1cccc(C)c1/N=C(S)/N=N\C=C1/C=CC2C(=C1)C=Cc1c2ncn1-c1cc(Cl)cc(Cl)c1. The standard InChI is InChI=1S/C27H21Cl2N5S/c1-16-4-3-5-17(2)25(16)32-27(35)33-31-14-18-6-8-23-19(10-18)7-9-24-26(23)30-15-34(24)22-12-20(28)11-21(29)13-22/h3-15,23H,1-2H3,(H,32,35)/b18-14+,33-31-. The lowest BCUT2D eigenvalue weighted by atomic mass is 9.84. The fraction of sp³-hybridized carbons (Fsp3) is 0.111. The molecule has 1 atom stereocenters. The first kappa shape index (κ1) is 23.5. The smallest absolute Gasteiger partial charge is 0.206 e. The Morgan fingerprint density at radius 1 is 1.06 bits per heavy atom. The van der Waals surface area contributed by atoms with E-state index in [1.54, 1.807) is 18.6 Å². The van der Waals surface area contributed by atoms with Crippen molar-refractivity contribution in [3.63, 3.8) is 0 Å². The van der Waals surface area contributed by atoms with Crippen molar-refractivity contribution in [2.45, 2.75) is 19.8 Å². The highest BCUT2D eigenvalue weighted by atomic mass is 35.5. The number of para-hydroxylation sites is 1. The molecular formula is C27H21Cl2N5S. The number of amidine groups is 1. The number of halogens is 2. The number of imidazole rings is 1. The second kappa shape index (κ2) is 9.82. The highest BCUT2D eigenvalue weighted by Gasteiger charge is 2.26. The Bertz CT molecular complexity index is 1470. The van der Waals surface area contributed by atoms with Crippen molar-refractivity contribution in [2.24, 2.45) is 15.2 Å². The van der Waals surface area contributed by atoms with E-state index in [2.05, 4.69) is 57.1 Å². The topological polar surface area (TPSA) is 54.9 Å². The number of aryl methyl sites for hydroxylation is 2. The third-order valence-corrected chi connectivity index (χ3v) is 6.49. The van der Waals surface area contributed by atoms with Crippen LogP contribution in [0.1, 0.15) is 28.4 Å². The van der Waals surface area contributed by atoms with Crippen LogP contribution in [0.25, 0.3) is 11.8 Å². The van der Waals surface area contributed by atoms with Crippen LogP contribution in [0.2, 0.25) is 10.0 Å². The number of hydrogen-bond acceptors (Lipinski definition) is 3. The van der Waals surface area contributed by atoms with Crippen LogP contribution in [0.3, 0.4) is 0 Å². The molecule has 0 aliphatic heterocycles. The number of aliphatic imine (C=N–C) groups is 1. The van der Waals surface area contributed by atoms with E-state index in [0.29, 0.717) is 15.2 Å². The molecule has 1 unspecified atom stereocenters. The summed E-state index contributed by atoms with van der Waals surface area (Å²) in [6.45, 7) is 4.02. The maximum absolute atomic E-state index is 6.20. The van der Waals surface area contributed by atoms with Gasteiger partial charge in [-0.2, -0.15) is 5.11 Å². The first-order valence-corrected chi connectivity index (χ1v) is 12.2. The molecule has 0 fully saturated rings. The summed E-state index contributed by atoms with van der Waals surface area (Å²) in [7, 11) is 0. The Hall–Kier alpha value is -3.19. The van der Waals surface area contributed by atoms with Gasteiger partial charge in [-0.1, -0.05) is 59.6 Å². The summed E-state index contributed by atoms with van der Waals surface area (Å²) in [5, 5.41) is 9.79. The summed E-state index contributed by atoms with van der Waals surface area (Å²) < 4.78 is 2.00. The van der Waals surface area contributed by atoms with Crippen molar-refractivity contribution >= 4 is 52.8 Å². The van der Waals surface area contributed by atoms with Crippen molar-refractivity contribution in [3.8, 4) is 5.69 Å². The number of azo groups is 1. The summed E-state index contributed by atoms with van der Waals surface area (Å²) in [6, 6.07) is 11.5. The fourth-order valence-corrected chi connectivity index (χ4v) is 4.88. The van der Waals surface area contributed by atoms with E-state index in [1.807, 2.05) is 54.8 Å². The van der Waals surface area contributed by atoms with Gasteiger partial charge in [0.15, 0.2) is 0 Å². The lowest BCUT2D eigenvalue weighted by Gasteiger charge is -2.22. The number of rotatable bonds is 3. The van der Waals surface area contributed by atoms with E-state index in [4.69, 9.17) is 23.2 Å². The van der Waals surface area contributed by atoms with Gasteiger partial charge in [0.1, 0.15) is 6.33 Å². The third kappa shape index (κ3) is 4.96. The van der Waals surface area contributed by atoms with E-state index >= 15 is 0 Å². The van der Waals surface area contributed by atoms with Crippen LogP contribution in [-0.2, 0) is 0 Å². The summed E-state index contributed by atoms with van der Waals surface area (Å²) in [4.78, 5) is 9.18. The van der Waals surface area contributed by atoms with Gasteiger partial charge in [0.05, 0.1) is 29.0 Å². The molecule has 0 spiro atoms. The van der Waals surface area contributed by atoms with E-state index in [-0.39, 0.29) is 5.92 Å². The molecule has 0 saturated heterocycles.